The number of nitrogens with two attached hydrogens (primary N) is 1. The first kappa shape index (κ1) is 11.9. The third-order valence-corrected chi connectivity index (χ3v) is 2.22. The maximum absolute atomic E-state index is 12.8. The molecule has 0 amide bonds. The fraction of sp³-hybridized carbons (Fsp3) is 0.333. The molecule has 1 unspecified atom stereocenters. The van der Waals surface area contributed by atoms with E-state index in [-0.39, 0.29) is 6.04 Å². The van der Waals surface area contributed by atoms with Gasteiger partial charge in [0.2, 0.25) is 0 Å². The predicted molar refractivity (Wildman–Crippen MR) is 57.5 cm³/mol. The molecule has 15 heavy (non-hydrogen) atoms. The van der Waals surface area contributed by atoms with E-state index in [1.54, 1.807) is 12.1 Å². The Morgan fingerprint density at radius 1 is 1.33 bits per heavy atom. The zero-order valence-electron chi connectivity index (χ0n) is 8.55. The van der Waals surface area contributed by atoms with Crippen LogP contribution in [0.3, 0.4) is 0 Å². The molecule has 1 aromatic carbocycles. The van der Waals surface area contributed by atoms with Crippen molar-refractivity contribution in [1.29, 1.82) is 0 Å². The summed E-state index contributed by atoms with van der Waals surface area (Å²) in [5.74, 6) is -1.64. The normalized spacial score (nSPS) is 12.5. The summed E-state index contributed by atoms with van der Waals surface area (Å²) in [4.78, 5) is 0. The molecule has 0 aromatic heterocycles. The van der Waals surface area contributed by atoms with Gasteiger partial charge in [-0.05, 0) is 37.0 Å². The molecule has 1 rings (SSSR count). The van der Waals surface area contributed by atoms with E-state index in [1.807, 2.05) is 0 Å². The first-order valence-corrected chi connectivity index (χ1v) is 4.94. The monoisotopic (exact) mass is 211 g/mol. The Morgan fingerprint density at radius 3 is 2.67 bits per heavy atom. The van der Waals surface area contributed by atoms with E-state index >= 15 is 0 Å². The molecule has 0 aliphatic carbocycles. The highest BCUT2D eigenvalue weighted by atomic mass is 19.2. The lowest BCUT2D eigenvalue weighted by Crippen LogP contribution is -2.22. The highest BCUT2D eigenvalue weighted by Gasteiger charge is 2.06. The molecule has 0 spiro atoms. The van der Waals surface area contributed by atoms with Crippen molar-refractivity contribution in [2.24, 2.45) is 5.73 Å². The Balaban J connectivity index is 2.56. The van der Waals surface area contributed by atoms with Gasteiger partial charge in [-0.3, -0.25) is 0 Å². The lowest BCUT2D eigenvalue weighted by atomic mass is 10.0. The van der Waals surface area contributed by atoms with E-state index in [1.165, 1.54) is 6.07 Å². The summed E-state index contributed by atoms with van der Waals surface area (Å²) in [6, 6.07) is 3.85. The lowest BCUT2D eigenvalue weighted by molar-refractivity contribution is 0.505. The van der Waals surface area contributed by atoms with Gasteiger partial charge in [-0.15, -0.1) is 6.58 Å². The molecule has 3 heteroatoms. The topological polar surface area (TPSA) is 26.0 Å². The fourth-order valence-corrected chi connectivity index (χ4v) is 1.40. The molecular formula is C12H15F2N. The minimum Gasteiger partial charge on any atom is -0.327 e. The summed E-state index contributed by atoms with van der Waals surface area (Å²) in [6.45, 7) is 3.60. The summed E-state index contributed by atoms with van der Waals surface area (Å²) < 4.78 is 25.5. The van der Waals surface area contributed by atoms with Gasteiger partial charge in [0.25, 0.3) is 0 Å². The van der Waals surface area contributed by atoms with Crippen molar-refractivity contribution >= 4 is 0 Å². The van der Waals surface area contributed by atoms with Crippen LogP contribution in [-0.2, 0) is 6.42 Å². The van der Waals surface area contributed by atoms with E-state index in [2.05, 4.69) is 6.58 Å². The quantitative estimate of drug-likeness (QED) is 0.744. The summed E-state index contributed by atoms with van der Waals surface area (Å²) in [5.41, 5.74) is 6.54. The third-order valence-electron chi connectivity index (χ3n) is 2.22. The Bertz CT molecular complexity index is 336. The van der Waals surface area contributed by atoms with E-state index in [4.69, 9.17) is 5.73 Å². The summed E-state index contributed by atoms with van der Waals surface area (Å²) >= 11 is 0. The average molecular weight is 211 g/mol. The van der Waals surface area contributed by atoms with Crippen molar-refractivity contribution in [1.82, 2.24) is 0 Å². The molecule has 1 nitrogen and oxygen atoms in total. The van der Waals surface area contributed by atoms with Crippen molar-refractivity contribution in [3.05, 3.63) is 48.1 Å². The number of halogens is 2. The van der Waals surface area contributed by atoms with Gasteiger partial charge in [-0.2, -0.15) is 0 Å². The minimum absolute atomic E-state index is 0.0344. The molecule has 2 N–H and O–H groups in total. The highest BCUT2D eigenvalue weighted by Crippen LogP contribution is 2.11. The zero-order chi connectivity index (χ0) is 11.3. The van der Waals surface area contributed by atoms with Crippen LogP contribution in [0.1, 0.15) is 18.4 Å². The van der Waals surface area contributed by atoms with E-state index in [0.717, 1.165) is 24.5 Å². The standard InChI is InChI=1S/C12H15F2N/c1-2-3-4-10(15)7-9-5-6-11(13)12(14)8-9/h2,5-6,8,10H,1,3-4,7,15H2. The largest absolute Gasteiger partial charge is 0.327 e. The van der Waals surface area contributed by atoms with Crippen LogP contribution in [0.15, 0.2) is 30.9 Å². The third kappa shape index (κ3) is 3.80. The van der Waals surface area contributed by atoms with Gasteiger partial charge in [-0.25, -0.2) is 8.78 Å². The molecule has 0 heterocycles. The van der Waals surface area contributed by atoms with Gasteiger partial charge < -0.3 is 5.73 Å². The van der Waals surface area contributed by atoms with Crippen LogP contribution in [-0.4, -0.2) is 6.04 Å². The number of hydrogen-bond donors (Lipinski definition) is 1. The molecule has 0 saturated carbocycles. The smallest absolute Gasteiger partial charge is 0.159 e. The first-order valence-electron chi connectivity index (χ1n) is 4.94. The van der Waals surface area contributed by atoms with Crippen molar-refractivity contribution in [2.75, 3.05) is 0 Å². The van der Waals surface area contributed by atoms with Crippen LogP contribution in [0.4, 0.5) is 8.78 Å². The van der Waals surface area contributed by atoms with E-state index < -0.39 is 11.6 Å². The SMILES string of the molecule is C=CCCC(N)Cc1ccc(F)c(F)c1. The van der Waals surface area contributed by atoms with Gasteiger partial charge in [-0.1, -0.05) is 12.1 Å². The van der Waals surface area contributed by atoms with Crippen LogP contribution in [0.25, 0.3) is 0 Å². The molecule has 0 radical (unpaired) electrons. The summed E-state index contributed by atoms with van der Waals surface area (Å²) in [6.07, 6.45) is 4.00. The maximum atomic E-state index is 12.8. The van der Waals surface area contributed by atoms with Crippen molar-refractivity contribution in [3.63, 3.8) is 0 Å². The van der Waals surface area contributed by atoms with E-state index in [9.17, 15) is 8.78 Å². The average Bonchev–Trinajstić information content (AvgIpc) is 2.20. The van der Waals surface area contributed by atoms with Gasteiger partial charge in [0.1, 0.15) is 0 Å². The Morgan fingerprint density at radius 2 is 2.07 bits per heavy atom. The highest BCUT2D eigenvalue weighted by molar-refractivity contribution is 5.18. The molecule has 0 aliphatic heterocycles. The van der Waals surface area contributed by atoms with Gasteiger partial charge >= 0.3 is 0 Å². The molecule has 0 aliphatic rings. The second-order valence-corrected chi connectivity index (χ2v) is 3.58. The van der Waals surface area contributed by atoms with Crippen LogP contribution < -0.4 is 5.73 Å². The van der Waals surface area contributed by atoms with Gasteiger partial charge in [0, 0.05) is 6.04 Å². The summed E-state index contributed by atoms with van der Waals surface area (Å²) in [5, 5.41) is 0. The van der Waals surface area contributed by atoms with Crippen molar-refractivity contribution in [3.8, 4) is 0 Å². The number of rotatable bonds is 5. The van der Waals surface area contributed by atoms with Crippen molar-refractivity contribution in [2.45, 2.75) is 25.3 Å². The molecule has 0 bridgehead atoms. The molecular weight excluding hydrogens is 196 g/mol. The van der Waals surface area contributed by atoms with Gasteiger partial charge in [0.15, 0.2) is 11.6 Å². The first-order chi connectivity index (χ1) is 7.13. The maximum Gasteiger partial charge on any atom is 0.159 e. The Kier molecular flexibility index (Phi) is 4.43. The lowest BCUT2D eigenvalue weighted by Gasteiger charge is -2.10. The second-order valence-electron chi connectivity index (χ2n) is 3.58. The number of allylic oxidation sites excluding steroid dienone is 1. The number of hydrogen-bond acceptors (Lipinski definition) is 1. The summed E-state index contributed by atoms with van der Waals surface area (Å²) in [7, 11) is 0. The van der Waals surface area contributed by atoms with Gasteiger partial charge in [0.05, 0.1) is 0 Å². The minimum atomic E-state index is -0.821. The molecule has 1 atom stereocenters. The molecule has 0 fully saturated rings. The Labute approximate surface area is 88.6 Å². The Hall–Kier alpha value is -1.22. The fourth-order valence-electron chi connectivity index (χ4n) is 1.40. The number of benzene rings is 1. The zero-order valence-corrected chi connectivity index (χ0v) is 8.55. The van der Waals surface area contributed by atoms with Crippen LogP contribution in [0.2, 0.25) is 0 Å². The van der Waals surface area contributed by atoms with Crippen LogP contribution in [0, 0.1) is 11.6 Å². The molecule has 0 saturated heterocycles. The van der Waals surface area contributed by atoms with Crippen LogP contribution >= 0.6 is 0 Å². The molecule has 82 valence electrons. The van der Waals surface area contributed by atoms with Crippen molar-refractivity contribution < 1.29 is 8.78 Å². The van der Waals surface area contributed by atoms with E-state index in [0.29, 0.717) is 6.42 Å². The molecule has 1 aromatic rings. The second kappa shape index (κ2) is 5.61. The van der Waals surface area contributed by atoms with Crippen LogP contribution in [0.5, 0.6) is 0 Å². The predicted octanol–water partition coefficient (Wildman–Crippen LogP) is 2.80.